The molecule has 0 aromatic carbocycles. The minimum atomic E-state index is -3.15. The van der Waals surface area contributed by atoms with Gasteiger partial charge in [-0.05, 0) is 69.1 Å². The third-order valence-electron chi connectivity index (χ3n) is 9.98. The molecule has 0 heterocycles. The Hall–Kier alpha value is -3.60. The molecule has 246 valence electrons. The molecule has 0 radical (unpaired) electrons. The molecule has 0 bridgehead atoms. The highest BCUT2D eigenvalue weighted by Gasteiger charge is 2.74. The molecule has 1 saturated carbocycles. The van der Waals surface area contributed by atoms with Crippen molar-refractivity contribution < 1.29 is 52.8 Å². The first kappa shape index (κ1) is 34.3. The van der Waals surface area contributed by atoms with Gasteiger partial charge < -0.3 is 24.1 Å². The zero-order chi connectivity index (χ0) is 33.4. The fourth-order valence-corrected chi connectivity index (χ4v) is 7.73. The zero-order valence-corrected chi connectivity index (χ0v) is 27.0. The molecular weight excluding hydrogens is 584 g/mol. The zero-order valence-electron chi connectivity index (χ0n) is 27.0. The maximum absolute atomic E-state index is 15.1. The lowest BCUT2D eigenvalue weighted by atomic mass is 9.52. The van der Waals surface area contributed by atoms with Gasteiger partial charge in [-0.2, -0.15) is 0 Å². The number of carbonyl (C=O) groups is 6. The monoisotopic (exact) mass is 628 g/mol. The summed E-state index contributed by atoms with van der Waals surface area (Å²) in [5.74, 6) is -8.53. The van der Waals surface area contributed by atoms with E-state index in [2.05, 4.69) is 0 Å². The smallest absolute Gasteiger partial charge is 0.450 e. The molecule has 0 aliphatic heterocycles. The first-order chi connectivity index (χ1) is 21.2. The molecule has 4 rings (SSSR count). The van der Waals surface area contributed by atoms with E-state index in [1.54, 1.807) is 19.9 Å². The lowest BCUT2D eigenvalue weighted by molar-refractivity contribution is -0.319. The predicted octanol–water partition coefficient (Wildman–Crippen LogP) is 4.49. The lowest BCUT2D eigenvalue weighted by Gasteiger charge is -2.54. The lowest BCUT2D eigenvalue weighted by Crippen LogP contribution is -2.66. The van der Waals surface area contributed by atoms with Crippen LogP contribution in [-0.2, 0) is 47.7 Å². The first-order valence-electron chi connectivity index (χ1n) is 15.9. The third-order valence-corrected chi connectivity index (χ3v) is 9.98. The van der Waals surface area contributed by atoms with Gasteiger partial charge in [0.15, 0.2) is 11.4 Å². The number of allylic oxidation sites excluding steroid dienone is 5. The molecule has 0 aromatic heterocycles. The summed E-state index contributed by atoms with van der Waals surface area (Å²) in [6.07, 6.45) is 4.73. The molecule has 11 nitrogen and oxygen atoms in total. The highest BCUT2D eigenvalue weighted by atomic mass is 16.9. The number of fused-ring (bicyclic) bond motifs is 4. The molecule has 1 fully saturated rings. The second-order valence-corrected chi connectivity index (χ2v) is 12.7. The van der Waals surface area contributed by atoms with Crippen molar-refractivity contribution in [1.29, 1.82) is 0 Å². The molecule has 0 saturated heterocycles. The average Bonchev–Trinajstić information content (AvgIpc) is 3.28. The van der Waals surface area contributed by atoms with Crippen molar-refractivity contribution >= 4 is 35.4 Å². The number of ketones is 2. The van der Waals surface area contributed by atoms with Gasteiger partial charge in [0.1, 0.15) is 0 Å². The van der Waals surface area contributed by atoms with Gasteiger partial charge in [0.05, 0.1) is 6.10 Å². The van der Waals surface area contributed by atoms with Gasteiger partial charge in [-0.15, -0.1) is 0 Å². The van der Waals surface area contributed by atoms with E-state index in [1.165, 1.54) is 26.8 Å². The Morgan fingerprint density at radius 1 is 0.911 bits per heavy atom. The van der Waals surface area contributed by atoms with E-state index in [1.807, 2.05) is 13.0 Å². The van der Waals surface area contributed by atoms with Crippen LogP contribution < -0.4 is 0 Å². The van der Waals surface area contributed by atoms with Crippen LogP contribution in [0, 0.1) is 16.7 Å². The van der Waals surface area contributed by atoms with E-state index < -0.39 is 58.2 Å². The van der Waals surface area contributed by atoms with E-state index in [0.29, 0.717) is 25.7 Å². The van der Waals surface area contributed by atoms with Gasteiger partial charge in [-0.1, -0.05) is 51.8 Å². The van der Waals surface area contributed by atoms with E-state index in [0.717, 1.165) is 16.7 Å². The summed E-state index contributed by atoms with van der Waals surface area (Å²) >= 11 is 0. The van der Waals surface area contributed by atoms with Crippen LogP contribution in [0.4, 0.5) is 0 Å². The first-order valence-corrected chi connectivity index (χ1v) is 15.9. The average molecular weight is 629 g/mol. The maximum atomic E-state index is 15.1. The summed E-state index contributed by atoms with van der Waals surface area (Å²) in [5.41, 5.74) is -1.55. The number of hydrogen-bond acceptors (Lipinski definition) is 11. The number of ether oxygens (including phenoxy) is 4. The molecule has 0 aromatic rings. The fourth-order valence-electron chi connectivity index (χ4n) is 7.73. The van der Waals surface area contributed by atoms with Gasteiger partial charge in [-0.3, -0.25) is 28.8 Å². The van der Waals surface area contributed by atoms with Gasteiger partial charge in [0, 0.05) is 36.5 Å². The van der Waals surface area contributed by atoms with Crippen molar-refractivity contribution in [3.8, 4) is 0 Å². The highest BCUT2D eigenvalue weighted by molar-refractivity contribution is 6.02. The van der Waals surface area contributed by atoms with Crippen LogP contribution in [0.1, 0.15) is 106 Å². The van der Waals surface area contributed by atoms with Crippen LogP contribution in [0.25, 0.3) is 0 Å². The summed E-state index contributed by atoms with van der Waals surface area (Å²) in [5, 5.41) is 11.9. The fraction of sp³-hybridized carbons (Fsp3) is 0.647. The Balaban J connectivity index is 1.94. The molecule has 1 N–H and O–H groups in total. The van der Waals surface area contributed by atoms with Crippen LogP contribution in [0.2, 0.25) is 0 Å². The molecule has 1 unspecified atom stereocenters. The number of rotatable bonds is 11. The Bertz CT molecular complexity index is 1340. The standard InChI is InChI=1S/C34H44O11/c1-7-11-28(40)42-33(30(41)34(43-25(37)8-2,44-26(38)9-3)45-27(39)10-4)17-15-23-22-13-12-20-18-21(35)14-16-31(20,5)29(22)24(36)19-32(23,33)6/h14,16,18,23-24,36H,7-13,15,17,19H2,1-6H3/t23-,24?,31-,32-,33-/m0/s1. The minimum Gasteiger partial charge on any atom is -0.450 e. The van der Waals surface area contributed by atoms with E-state index in [9.17, 15) is 29.1 Å². The molecule has 11 heteroatoms. The van der Waals surface area contributed by atoms with Crippen molar-refractivity contribution in [2.24, 2.45) is 16.7 Å². The Morgan fingerprint density at radius 3 is 2.02 bits per heavy atom. The molecule has 0 amide bonds. The van der Waals surface area contributed by atoms with Crippen molar-refractivity contribution in [3.63, 3.8) is 0 Å². The largest absolute Gasteiger partial charge is 0.493 e. The van der Waals surface area contributed by atoms with E-state index >= 15 is 4.79 Å². The molecule has 4 aliphatic rings. The number of aliphatic hydroxyl groups is 1. The Kier molecular flexibility index (Phi) is 9.64. The van der Waals surface area contributed by atoms with Crippen LogP contribution in [-0.4, -0.2) is 58.2 Å². The minimum absolute atomic E-state index is 0.0391. The van der Waals surface area contributed by atoms with Gasteiger partial charge >= 0.3 is 35.6 Å². The number of aliphatic hydroxyl groups excluding tert-OH is 1. The second-order valence-electron chi connectivity index (χ2n) is 12.7. The van der Waals surface area contributed by atoms with Crippen molar-refractivity contribution in [3.05, 3.63) is 34.9 Å². The van der Waals surface area contributed by atoms with Crippen molar-refractivity contribution in [2.45, 2.75) is 123 Å². The van der Waals surface area contributed by atoms with Crippen molar-refractivity contribution in [1.82, 2.24) is 0 Å². The highest BCUT2D eigenvalue weighted by Crippen LogP contribution is 2.66. The Labute approximate surface area is 263 Å². The van der Waals surface area contributed by atoms with Crippen LogP contribution in [0.15, 0.2) is 34.9 Å². The molecule has 45 heavy (non-hydrogen) atoms. The van der Waals surface area contributed by atoms with E-state index in [4.69, 9.17) is 18.9 Å². The summed E-state index contributed by atoms with van der Waals surface area (Å²) in [6, 6.07) is 0. The van der Waals surface area contributed by atoms with Gasteiger partial charge in [-0.25, -0.2) is 0 Å². The normalized spacial score (nSPS) is 30.4. The van der Waals surface area contributed by atoms with Gasteiger partial charge in [0.2, 0.25) is 0 Å². The summed E-state index contributed by atoms with van der Waals surface area (Å²) in [6.45, 7) is 9.83. The third kappa shape index (κ3) is 5.68. The summed E-state index contributed by atoms with van der Waals surface area (Å²) in [7, 11) is 0. The number of hydrogen-bond donors (Lipinski definition) is 1. The van der Waals surface area contributed by atoms with Crippen molar-refractivity contribution in [2.75, 3.05) is 0 Å². The molecule has 4 aliphatic carbocycles. The quantitative estimate of drug-likeness (QED) is 0.195. The van der Waals surface area contributed by atoms with E-state index in [-0.39, 0.29) is 50.2 Å². The number of Topliss-reactive ketones (excluding diaryl/α,β-unsaturated/α-hetero) is 1. The Morgan fingerprint density at radius 2 is 1.49 bits per heavy atom. The van der Waals surface area contributed by atoms with Crippen LogP contribution in [0.3, 0.4) is 0 Å². The molecular formula is C34H44O11. The number of esters is 4. The number of carbonyl (C=O) groups excluding carboxylic acids is 6. The van der Waals surface area contributed by atoms with Crippen LogP contribution >= 0.6 is 0 Å². The second kappa shape index (κ2) is 12.7. The summed E-state index contributed by atoms with van der Waals surface area (Å²) in [4.78, 5) is 78.9. The summed E-state index contributed by atoms with van der Waals surface area (Å²) < 4.78 is 22.5. The predicted molar refractivity (Wildman–Crippen MR) is 159 cm³/mol. The SMILES string of the molecule is CCCC(=O)O[C@]1(C(=O)C(OC(=O)CC)(OC(=O)CC)OC(=O)CC)CC[C@H]2C3=C(C(O)C[C@@]21C)[C@@]1(C)C=CC(=O)C=C1CC3. The van der Waals surface area contributed by atoms with Gasteiger partial charge in [0.25, 0.3) is 0 Å². The molecule has 0 spiro atoms. The maximum Gasteiger partial charge on any atom is 0.493 e. The molecule has 5 atom stereocenters. The van der Waals surface area contributed by atoms with Crippen LogP contribution in [0.5, 0.6) is 0 Å². The topological polar surface area (TPSA) is 160 Å².